The summed E-state index contributed by atoms with van der Waals surface area (Å²) in [7, 11) is 2.83. The average Bonchev–Trinajstić information content (AvgIpc) is 3.56. The van der Waals surface area contributed by atoms with Gasteiger partial charge in [-0.25, -0.2) is 4.90 Å². The van der Waals surface area contributed by atoms with E-state index in [-0.39, 0.29) is 30.0 Å². The maximum atomic E-state index is 15.2. The van der Waals surface area contributed by atoms with E-state index in [1.807, 2.05) is 31.2 Å². The number of hydrogen-bond acceptors (Lipinski definition) is 11. The number of nitrogens with one attached hydrogen (secondary N) is 1. The minimum absolute atomic E-state index is 0.000147. The molecule has 4 aromatic rings. The van der Waals surface area contributed by atoms with Crippen LogP contribution in [0.5, 0.6) is 5.75 Å². The SMILES string of the molecule is Cc1ccc(NN2C(=O)C3CC4C(=CCC5C(=O)N(c6cc([N+](=O)[O-])c(N(C)C)c([N+](=O)[O-])c6)C(=O)C54)C(c4ccc(O)cc4)C3(c3ccccc3)C2=O)cc1. The number of nitrogens with zero attached hydrogens (tertiary/aromatic N) is 5. The second-order valence-corrected chi connectivity index (χ2v) is 14.9. The number of hydrogen-bond donors (Lipinski definition) is 2. The van der Waals surface area contributed by atoms with Crippen LogP contribution in [0.3, 0.4) is 0 Å². The molecule has 0 bridgehead atoms. The van der Waals surface area contributed by atoms with Gasteiger partial charge in [-0.1, -0.05) is 71.8 Å². The van der Waals surface area contributed by atoms with Crippen molar-refractivity contribution in [1.29, 1.82) is 0 Å². The number of aromatic hydroxyl groups is 1. The molecule has 15 nitrogen and oxygen atoms in total. The van der Waals surface area contributed by atoms with Crippen LogP contribution in [-0.2, 0) is 24.6 Å². The summed E-state index contributed by atoms with van der Waals surface area (Å²) in [6, 6.07) is 24.5. The molecule has 3 fully saturated rings. The number of rotatable bonds is 8. The summed E-state index contributed by atoms with van der Waals surface area (Å²) >= 11 is 0. The van der Waals surface area contributed by atoms with E-state index in [1.165, 1.54) is 31.1 Å². The van der Waals surface area contributed by atoms with Crippen molar-refractivity contribution in [3.63, 3.8) is 0 Å². The zero-order valence-corrected chi connectivity index (χ0v) is 30.5. The minimum atomic E-state index is -1.52. The zero-order valence-electron chi connectivity index (χ0n) is 30.5. The van der Waals surface area contributed by atoms with Crippen molar-refractivity contribution >= 4 is 52.1 Å². The van der Waals surface area contributed by atoms with Gasteiger partial charge in [0, 0.05) is 32.1 Å². The molecule has 1 saturated carbocycles. The molecule has 6 unspecified atom stereocenters. The topological polar surface area (TPSA) is 197 Å². The van der Waals surface area contributed by atoms with Crippen molar-refractivity contribution in [2.75, 3.05) is 29.3 Å². The number of fused-ring (bicyclic) bond motifs is 4. The lowest BCUT2D eigenvalue weighted by atomic mass is 9.49. The van der Waals surface area contributed by atoms with Gasteiger partial charge >= 0.3 is 11.4 Å². The van der Waals surface area contributed by atoms with E-state index in [0.29, 0.717) is 22.4 Å². The van der Waals surface area contributed by atoms with Gasteiger partial charge in [0.15, 0.2) is 5.69 Å². The van der Waals surface area contributed by atoms with E-state index in [4.69, 9.17) is 0 Å². The van der Waals surface area contributed by atoms with E-state index in [2.05, 4.69) is 5.43 Å². The summed E-state index contributed by atoms with van der Waals surface area (Å²) in [5.41, 5.74) is 2.96. The number of amides is 4. The molecule has 2 saturated heterocycles. The molecule has 56 heavy (non-hydrogen) atoms. The normalized spacial score (nSPS) is 25.3. The van der Waals surface area contributed by atoms with Crippen molar-refractivity contribution in [2.24, 2.45) is 23.7 Å². The molecule has 4 amide bonds. The Bertz CT molecular complexity index is 2350. The van der Waals surface area contributed by atoms with Crippen LogP contribution in [0.15, 0.2) is 103 Å². The minimum Gasteiger partial charge on any atom is -0.508 e. The quantitative estimate of drug-likeness (QED) is 0.0958. The summed E-state index contributed by atoms with van der Waals surface area (Å²) in [5, 5.41) is 35.8. The number of carbonyl (C=O) groups excluding carboxylic acids is 4. The van der Waals surface area contributed by atoms with E-state index in [9.17, 15) is 39.7 Å². The first kappa shape index (κ1) is 36.1. The van der Waals surface area contributed by atoms with Gasteiger partial charge in [-0.3, -0.25) is 44.8 Å². The first-order valence-electron chi connectivity index (χ1n) is 18.0. The van der Waals surface area contributed by atoms with Gasteiger partial charge in [0.05, 0.1) is 44.4 Å². The number of benzene rings is 4. The highest BCUT2D eigenvalue weighted by Crippen LogP contribution is 2.64. The third-order valence-corrected chi connectivity index (χ3v) is 11.8. The number of aryl methyl sites for hydroxylation is 1. The maximum absolute atomic E-state index is 15.2. The third-order valence-electron chi connectivity index (χ3n) is 11.8. The van der Waals surface area contributed by atoms with E-state index < -0.39 is 79.9 Å². The maximum Gasteiger partial charge on any atom is 0.301 e. The second kappa shape index (κ2) is 13.1. The number of nitro benzene ring substituents is 2. The van der Waals surface area contributed by atoms with Gasteiger partial charge in [-0.05, 0) is 61.1 Å². The van der Waals surface area contributed by atoms with E-state index in [1.54, 1.807) is 48.5 Å². The van der Waals surface area contributed by atoms with Crippen molar-refractivity contribution < 1.29 is 34.1 Å². The number of imide groups is 2. The first-order chi connectivity index (χ1) is 26.7. The molecule has 4 aromatic carbocycles. The van der Waals surface area contributed by atoms with Crippen molar-refractivity contribution in [1.82, 2.24) is 5.01 Å². The van der Waals surface area contributed by atoms with E-state index >= 15 is 4.79 Å². The fourth-order valence-electron chi connectivity index (χ4n) is 9.50. The fraction of sp³-hybridized carbons (Fsp3) is 0.268. The third kappa shape index (κ3) is 5.25. The first-order valence-corrected chi connectivity index (χ1v) is 18.0. The van der Waals surface area contributed by atoms with Gasteiger partial charge in [0.25, 0.3) is 11.8 Å². The summed E-state index contributed by atoms with van der Waals surface area (Å²) in [4.78, 5) is 83.8. The van der Waals surface area contributed by atoms with Gasteiger partial charge in [0.2, 0.25) is 11.8 Å². The Morgan fingerprint density at radius 2 is 1.45 bits per heavy atom. The lowest BCUT2D eigenvalue weighted by molar-refractivity contribution is -0.392. The molecule has 8 rings (SSSR count). The number of allylic oxidation sites excluding steroid dienone is 2. The molecule has 6 atom stereocenters. The van der Waals surface area contributed by atoms with E-state index in [0.717, 1.165) is 27.6 Å². The zero-order chi connectivity index (χ0) is 39.8. The van der Waals surface area contributed by atoms with Crippen molar-refractivity contribution in [2.45, 2.75) is 31.1 Å². The standard InChI is InChI=1S/C41H36N6O9/c1-22-9-13-25(14-10-22)42-45-38(50)31-21-30-28(35(23-11-15-27(48)16-12-23)41(31,40(45)52)24-7-5-4-6-8-24)17-18-29-34(30)39(51)44(37(29)49)26-19-32(46(53)54)36(43(2)3)33(20-26)47(55)56/h4-17,19-20,29-31,34-35,42,48H,18,21H2,1-3H3. The molecule has 0 aromatic heterocycles. The molecular formula is C41H36N6O9. The van der Waals surface area contributed by atoms with Crippen molar-refractivity contribution in [3.8, 4) is 5.75 Å². The number of hydrazine groups is 1. The monoisotopic (exact) mass is 756 g/mol. The fourth-order valence-corrected chi connectivity index (χ4v) is 9.50. The molecule has 0 radical (unpaired) electrons. The predicted molar refractivity (Wildman–Crippen MR) is 203 cm³/mol. The Labute approximate surface area is 320 Å². The number of carbonyl (C=O) groups is 4. The smallest absolute Gasteiger partial charge is 0.301 e. The highest BCUT2D eigenvalue weighted by atomic mass is 16.6. The van der Waals surface area contributed by atoms with Crippen LogP contribution in [-0.4, -0.2) is 57.7 Å². The molecule has 284 valence electrons. The van der Waals surface area contributed by atoms with Gasteiger partial charge < -0.3 is 10.0 Å². The Kier molecular flexibility index (Phi) is 8.47. The molecule has 2 aliphatic carbocycles. The summed E-state index contributed by atoms with van der Waals surface area (Å²) in [5.74, 6) is -7.05. The summed E-state index contributed by atoms with van der Waals surface area (Å²) < 4.78 is 0. The molecule has 0 spiro atoms. The second-order valence-electron chi connectivity index (χ2n) is 14.9. The number of phenolic OH excluding ortho intramolecular Hbond substituents is 1. The van der Waals surface area contributed by atoms with Crippen LogP contribution >= 0.6 is 0 Å². The van der Waals surface area contributed by atoms with Crippen LogP contribution in [0.2, 0.25) is 0 Å². The van der Waals surface area contributed by atoms with Gasteiger partial charge in [0.1, 0.15) is 5.75 Å². The van der Waals surface area contributed by atoms with Gasteiger partial charge in [-0.15, -0.1) is 0 Å². The number of nitro groups is 2. The summed E-state index contributed by atoms with van der Waals surface area (Å²) in [6.45, 7) is 1.91. The molecule has 2 heterocycles. The lowest BCUT2D eigenvalue weighted by Gasteiger charge is -2.50. The Balaban J connectivity index is 1.29. The highest BCUT2D eigenvalue weighted by molar-refractivity contribution is 6.23. The Morgan fingerprint density at radius 1 is 0.821 bits per heavy atom. The lowest BCUT2D eigenvalue weighted by Crippen LogP contribution is -2.53. The Morgan fingerprint density at radius 3 is 2.04 bits per heavy atom. The molecular weight excluding hydrogens is 720 g/mol. The summed E-state index contributed by atoms with van der Waals surface area (Å²) in [6.07, 6.45) is 1.92. The molecule has 15 heteroatoms. The average molecular weight is 757 g/mol. The van der Waals surface area contributed by atoms with Crippen LogP contribution < -0.4 is 15.2 Å². The van der Waals surface area contributed by atoms with Gasteiger partial charge in [-0.2, -0.15) is 5.01 Å². The molecule has 2 N–H and O–H groups in total. The Hall–Kier alpha value is -6.90. The van der Waals surface area contributed by atoms with Crippen LogP contribution in [0.1, 0.15) is 35.4 Å². The van der Waals surface area contributed by atoms with Crippen molar-refractivity contribution in [3.05, 3.63) is 140 Å². The van der Waals surface area contributed by atoms with Crippen LogP contribution in [0.4, 0.5) is 28.4 Å². The number of phenols is 1. The highest BCUT2D eigenvalue weighted by Gasteiger charge is 2.70. The van der Waals surface area contributed by atoms with Crippen LogP contribution in [0.25, 0.3) is 0 Å². The number of anilines is 3. The predicted octanol–water partition coefficient (Wildman–Crippen LogP) is 5.77. The largest absolute Gasteiger partial charge is 0.508 e. The molecule has 2 aliphatic heterocycles. The molecule has 4 aliphatic rings. The van der Waals surface area contributed by atoms with Crippen LogP contribution in [0, 0.1) is 50.8 Å².